The zero-order valence-corrected chi connectivity index (χ0v) is 9.59. The van der Waals surface area contributed by atoms with Crippen molar-refractivity contribution in [3.63, 3.8) is 0 Å². The molecule has 0 fully saturated rings. The van der Waals surface area contributed by atoms with Gasteiger partial charge >= 0.3 is 6.09 Å². The van der Waals surface area contributed by atoms with Gasteiger partial charge in [0.05, 0.1) is 6.61 Å². The molecular formula is C8H15NO2S2. The Kier molecular flexibility index (Phi) is 8.13. The molecule has 0 aliphatic heterocycles. The SMILES string of the molecule is CCCOC(=O)NC(=S)SCCC. The predicted molar refractivity (Wildman–Crippen MR) is 60.1 cm³/mol. The Balaban J connectivity index is 3.47. The van der Waals surface area contributed by atoms with Gasteiger partial charge in [-0.25, -0.2) is 4.79 Å². The molecule has 0 rings (SSSR count). The van der Waals surface area contributed by atoms with Crippen LogP contribution in [0.4, 0.5) is 4.79 Å². The standard InChI is InChI=1S/C8H15NO2S2/c1-3-5-11-7(10)9-8(12)13-6-4-2/h3-6H2,1-2H3,(H,9,10,12). The van der Waals surface area contributed by atoms with E-state index in [4.69, 9.17) is 17.0 Å². The Morgan fingerprint density at radius 2 is 2.15 bits per heavy atom. The van der Waals surface area contributed by atoms with Crippen LogP contribution in [0.5, 0.6) is 0 Å². The lowest BCUT2D eigenvalue weighted by Crippen LogP contribution is -2.28. The number of hydrogen-bond donors (Lipinski definition) is 1. The maximum absolute atomic E-state index is 10.9. The summed E-state index contributed by atoms with van der Waals surface area (Å²) in [6.07, 6.45) is 1.41. The topological polar surface area (TPSA) is 38.3 Å². The fourth-order valence-electron chi connectivity index (χ4n) is 0.545. The minimum absolute atomic E-state index is 0.437. The number of ether oxygens (including phenoxy) is 1. The fourth-order valence-corrected chi connectivity index (χ4v) is 1.42. The molecule has 0 heterocycles. The van der Waals surface area contributed by atoms with Crippen molar-refractivity contribution in [2.24, 2.45) is 0 Å². The van der Waals surface area contributed by atoms with Crippen LogP contribution in [0.3, 0.4) is 0 Å². The van der Waals surface area contributed by atoms with Gasteiger partial charge in [-0.3, -0.25) is 5.32 Å². The first-order valence-electron chi connectivity index (χ1n) is 4.31. The first-order valence-corrected chi connectivity index (χ1v) is 5.70. The van der Waals surface area contributed by atoms with Gasteiger partial charge in [-0.1, -0.05) is 37.8 Å². The minimum atomic E-state index is -0.449. The van der Waals surface area contributed by atoms with Crippen LogP contribution < -0.4 is 5.32 Å². The normalized spacial score (nSPS) is 9.38. The molecule has 0 saturated heterocycles. The highest BCUT2D eigenvalue weighted by Gasteiger charge is 2.04. The number of nitrogens with one attached hydrogen (secondary N) is 1. The molecule has 13 heavy (non-hydrogen) atoms. The lowest BCUT2D eigenvalue weighted by molar-refractivity contribution is 0.152. The van der Waals surface area contributed by atoms with Crippen LogP contribution in [0, 0.1) is 0 Å². The van der Waals surface area contributed by atoms with E-state index in [1.807, 2.05) is 6.92 Å². The van der Waals surface area contributed by atoms with Crippen LogP contribution in [0.2, 0.25) is 0 Å². The molecule has 0 bridgehead atoms. The number of carbonyl (C=O) groups is 1. The van der Waals surface area contributed by atoms with Crippen LogP contribution in [0.25, 0.3) is 0 Å². The monoisotopic (exact) mass is 221 g/mol. The molecule has 3 nitrogen and oxygen atoms in total. The van der Waals surface area contributed by atoms with Crippen molar-refractivity contribution in [1.29, 1.82) is 0 Å². The molecule has 0 aromatic rings. The average molecular weight is 221 g/mol. The van der Waals surface area contributed by atoms with Gasteiger partial charge in [0.25, 0.3) is 0 Å². The van der Waals surface area contributed by atoms with Crippen molar-refractivity contribution in [1.82, 2.24) is 5.32 Å². The minimum Gasteiger partial charge on any atom is -0.449 e. The van der Waals surface area contributed by atoms with Crippen molar-refractivity contribution in [2.45, 2.75) is 26.7 Å². The molecular weight excluding hydrogens is 206 g/mol. The van der Waals surface area contributed by atoms with Crippen LogP contribution in [0.15, 0.2) is 0 Å². The molecule has 0 aliphatic carbocycles. The van der Waals surface area contributed by atoms with E-state index < -0.39 is 6.09 Å². The van der Waals surface area contributed by atoms with Crippen molar-refractivity contribution >= 4 is 34.4 Å². The van der Waals surface area contributed by atoms with Crippen LogP contribution in [-0.2, 0) is 4.74 Å². The van der Waals surface area contributed by atoms with Crippen molar-refractivity contribution in [2.75, 3.05) is 12.4 Å². The number of thiocarbonyl (C=S) groups is 1. The lowest BCUT2D eigenvalue weighted by Gasteiger charge is -2.05. The Bertz CT molecular complexity index is 156. The van der Waals surface area contributed by atoms with Gasteiger partial charge < -0.3 is 4.74 Å². The van der Waals surface area contributed by atoms with E-state index in [9.17, 15) is 4.79 Å². The van der Waals surface area contributed by atoms with Gasteiger partial charge in [-0.15, -0.1) is 0 Å². The summed E-state index contributed by atoms with van der Waals surface area (Å²) in [6, 6.07) is 0. The lowest BCUT2D eigenvalue weighted by atomic mass is 10.5. The number of amides is 1. The molecule has 1 N–H and O–H groups in total. The zero-order valence-electron chi connectivity index (χ0n) is 7.96. The summed E-state index contributed by atoms with van der Waals surface area (Å²) < 4.78 is 5.28. The summed E-state index contributed by atoms with van der Waals surface area (Å²) in [5, 5.41) is 2.48. The highest BCUT2D eigenvalue weighted by molar-refractivity contribution is 8.23. The second kappa shape index (κ2) is 8.31. The smallest absolute Gasteiger partial charge is 0.412 e. The largest absolute Gasteiger partial charge is 0.449 e. The summed E-state index contributed by atoms with van der Waals surface area (Å²) >= 11 is 6.35. The summed E-state index contributed by atoms with van der Waals surface area (Å²) in [6.45, 7) is 4.44. The number of thioether (sulfide) groups is 1. The molecule has 5 heteroatoms. The number of carbonyl (C=O) groups excluding carboxylic acids is 1. The van der Waals surface area contributed by atoms with E-state index in [1.165, 1.54) is 11.8 Å². The molecule has 0 aromatic heterocycles. The number of hydrogen-bond acceptors (Lipinski definition) is 4. The Morgan fingerprint density at radius 1 is 1.46 bits per heavy atom. The Labute approximate surface area is 88.6 Å². The third-order valence-corrected chi connectivity index (χ3v) is 2.51. The maximum atomic E-state index is 10.9. The molecule has 0 radical (unpaired) electrons. The molecule has 0 spiro atoms. The van der Waals surface area contributed by atoms with Crippen molar-refractivity contribution in [3.05, 3.63) is 0 Å². The van der Waals surface area contributed by atoms with E-state index in [-0.39, 0.29) is 0 Å². The fraction of sp³-hybridized carbons (Fsp3) is 0.750. The predicted octanol–water partition coefficient (Wildman–Crippen LogP) is 2.55. The van der Waals surface area contributed by atoms with Crippen LogP contribution >= 0.6 is 24.0 Å². The number of rotatable bonds is 4. The van der Waals surface area contributed by atoms with Gasteiger partial charge in [0.1, 0.15) is 4.32 Å². The van der Waals surface area contributed by atoms with Gasteiger partial charge in [-0.2, -0.15) is 0 Å². The molecule has 0 unspecified atom stereocenters. The Hall–Kier alpha value is -0.290. The quantitative estimate of drug-likeness (QED) is 0.740. The zero-order chi connectivity index (χ0) is 10.1. The first kappa shape index (κ1) is 12.7. The molecule has 0 aromatic carbocycles. The summed E-state index contributed by atoms with van der Waals surface area (Å²) in [7, 11) is 0. The summed E-state index contributed by atoms with van der Waals surface area (Å²) in [5.41, 5.74) is 0. The molecule has 1 amide bonds. The van der Waals surface area contributed by atoms with E-state index >= 15 is 0 Å². The molecule has 0 aliphatic rings. The number of alkyl carbamates (subject to hydrolysis) is 1. The second-order valence-corrected chi connectivity index (χ2v) is 4.17. The molecule has 76 valence electrons. The summed E-state index contributed by atoms with van der Waals surface area (Å²) in [4.78, 5) is 10.9. The summed E-state index contributed by atoms with van der Waals surface area (Å²) in [5.74, 6) is 0.924. The third-order valence-electron chi connectivity index (χ3n) is 1.08. The van der Waals surface area contributed by atoms with Crippen LogP contribution in [0.1, 0.15) is 26.7 Å². The van der Waals surface area contributed by atoms with E-state index in [0.29, 0.717) is 10.9 Å². The second-order valence-electron chi connectivity index (χ2n) is 2.40. The van der Waals surface area contributed by atoms with Gasteiger partial charge in [0.15, 0.2) is 0 Å². The average Bonchev–Trinajstić information content (AvgIpc) is 2.11. The van der Waals surface area contributed by atoms with Crippen molar-refractivity contribution < 1.29 is 9.53 Å². The van der Waals surface area contributed by atoms with Crippen LogP contribution in [-0.4, -0.2) is 22.8 Å². The van der Waals surface area contributed by atoms with E-state index in [1.54, 1.807) is 0 Å². The van der Waals surface area contributed by atoms with Crippen molar-refractivity contribution in [3.8, 4) is 0 Å². The first-order chi connectivity index (χ1) is 6.20. The van der Waals surface area contributed by atoms with E-state index in [0.717, 1.165) is 18.6 Å². The van der Waals surface area contributed by atoms with Gasteiger partial charge in [-0.05, 0) is 18.6 Å². The molecule has 0 atom stereocenters. The highest BCUT2D eigenvalue weighted by atomic mass is 32.2. The van der Waals surface area contributed by atoms with Gasteiger partial charge in [0.2, 0.25) is 0 Å². The Morgan fingerprint density at radius 3 is 2.69 bits per heavy atom. The molecule has 0 saturated carbocycles. The van der Waals surface area contributed by atoms with E-state index in [2.05, 4.69) is 12.2 Å². The maximum Gasteiger partial charge on any atom is 0.412 e. The van der Waals surface area contributed by atoms with Gasteiger partial charge in [0, 0.05) is 0 Å². The highest BCUT2D eigenvalue weighted by Crippen LogP contribution is 2.03. The third kappa shape index (κ3) is 8.05.